The Kier molecular flexibility index (Phi) is 6.37. The summed E-state index contributed by atoms with van der Waals surface area (Å²) in [4.78, 5) is 21.2. The Hall–Kier alpha value is -2.92. The van der Waals surface area contributed by atoms with Crippen molar-refractivity contribution in [1.82, 2.24) is 19.4 Å². The van der Waals surface area contributed by atoms with Gasteiger partial charge in [0.1, 0.15) is 0 Å². The lowest BCUT2D eigenvalue weighted by Crippen LogP contribution is -2.49. The molecular formula is C24H28N4O. The number of hydrogen-bond acceptors (Lipinski definition) is 3. The van der Waals surface area contributed by atoms with E-state index in [4.69, 9.17) is 0 Å². The molecule has 5 heteroatoms. The summed E-state index contributed by atoms with van der Waals surface area (Å²) >= 11 is 0. The molecule has 0 unspecified atom stereocenters. The average molecular weight is 389 g/mol. The Morgan fingerprint density at radius 2 is 1.52 bits per heavy atom. The zero-order valence-electron chi connectivity index (χ0n) is 16.7. The zero-order valence-corrected chi connectivity index (χ0v) is 16.7. The maximum absolute atomic E-state index is 12.6. The Morgan fingerprint density at radius 3 is 2.07 bits per heavy atom. The molecule has 1 aliphatic heterocycles. The fourth-order valence-corrected chi connectivity index (χ4v) is 4.10. The van der Waals surface area contributed by atoms with Crippen molar-refractivity contribution in [3.05, 3.63) is 90.5 Å². The van der Waals surface area contributed by atoms with Gasteiger partial charge in [-0.1, -0.05) is 60.7 Å². The van der Waals surface area contributed by atoms with Crippen LogP contribution in [0.25, 0.3) is 0 Å². The first-order valence-electron chi connectivity index (χ1n) is 10.4. The Morgan fingerprint density at radius 1 is 0.897 bits per heavy atom. The molecule has 150 valence electrons. The highest BCUT2D eigenvalue weighted by Gasteiger charge is 2.27. The third-order valence-corrected chi connectivity index (χ3v) is 5.63. The van der Waals surface area contributed by atoms with Crippen LogP contribution in [0.2, 0.25) is 0 Å². The Balaban J connectivity index is 1.36. The van der Waals surface area contributed by atoms with Gasteiger partial charge in [-0.15, -0.1) is 0 Å². The van der Waals surface area contributed by atoms with Crippen LogP contribution in [0, 0.1) is 0 Å². The monoisotopic (exact) mass is 388 g/mol. The number of carbonyl (C=O) groups is 1. The topological polar surface area (TPSA) is 41.4 Å². The predicted octanol–water partition coefficient (Wildman–Crippen LogP) is 3.60. The summed E-state index contributed by atoms with van der Waals surface area (Å²) in [7, 11) is 0. The van der Waals surface area contributed by atoms with Gasteiger partial charge in [0.2, 0.25) is 5.91 Å². The molecule has 1 aromatic heterocycles. The normalized spacial score (nSPS) is 15.0. The van der Waals surface area contributed by atoms with Gasteiger partial charge in [0.15, 0.2) is 0 Å². The molecule has 2 heterocycles. The molecular weight excluding hydrogens is 360 g/mol. The Labute approximate surface area is 172 Å². The number of hydrogen-bond donors (Lipinski definition) is 0. The molecule has 0 aliphatic carbocycles. The number of rotatable bonds is 7. The zero-order chi connectivity index (χ0) is 19.9. The molecule has 0 spiro atoms. The predicted molar refractivity (Wildman–Crippen MR) is 114 cm³/mol. The van der Waals surface area contributed by atoms with Crippen LogP contribution in [-0.2, 0) is 11.3 Å². The second-order valence-corrected chi connectivity index (χ2v) is 7.54. The van der Waals surface area contributed by atoms with E-state index in [0.29, 0.717) is 6.42 Å². The number of aromatic nitrogens is 2. The molecule has 4 rings (SSSR count). The minimum Gasteiger partial charge on any atom is -0.340 e. The van der Waals surface area contributed by atoms with Crippen LogP contribution < -0.4 is 0 Å². The van der Waals surface area contributed by atoms with Crippen molar-refractivity contribution in [3.63, 3.8) is 0 Å². The highest BCUT2D eigenvalue weighted by atomic mass is 16.2. The van der Waals surface area contributed by atoms with Crippen molar-refractivity contribution in [3.8, 4) is 0 Å². The highest BCUT2D eigenvalue weighted by molar-refractivity contribution is 5.76. The van der Waals surface area contributed by atoms with Gasteiger partial charge >= 0.3 is 0 Å². The third-order valence-electron chi connectivity index (χ3n) is 5.63. The molecule has 3 aromatic rings. The van der Waals surface area contributed by atoms with Crippen molar-refractivity contribution in [2.75, 3.05) is 26.2 Å². The van der Waals surface area contributed by atoms with E-state index in [1.165, 1.54) is 11.1 Å². The molecule has 1 amide bonds. The van der Waals surface area contributed by atoms with Crippen molar-refractivity contribution in [1.29, 1.82) is 0 Å². The van der Waals surface area contributed by atoms with Gasteiger partial charge in [-0.3, -0.25) is 9.69 Å². The van der Waals surface area contributed by atoms with Gasteiger partial charge in [0.05, 0.1) is 12.4 Å². The number of amides is 1. The summed E-state index contributed by atoms with van der Waals surface area (Å²) in [6.45, 7) is 4.21. The van der Waals surface area contributed by atoms with Crippen molar-refractivity contribution in [2.24, 2.45) is 0 Å². The van der Waals surface area contributed by atoms with Crippen LogP contribution in [0.4, 0.5) is 0 Å². The summed E-state index contributed by atoms with van der Waals surface area (Å²) in [6.07, 6.45) is 6.97. The molecule has 0 bridgehead atoms. The standard InChI is InChI=1S/C24H28N4O/c29-23(12-7-14-26-15-13-25-20-26)27-16-18-28(19-17-27)24(21-8-3-1-4-9-21)22-10-5-2-6-11-22/h1-6,8-11,13,15,20,24H,7,12,14,16-19H2. The van der Waals surface area contributed by atoms with Crippen molar-refractivity contribution >= 4 is 5.91 Å². The quantitative estimate of drug-likeness (QED) is 0.621. The van der Waals surface area contributed by atoms with E-state index in [2.05, 4.69) is 70.5 Å². The number of piperazine rings is 1. The average Bonchev–Trinajstić information content (AvgIpc) is 3.29. The van der Waals surface area contributed by atoms with Crippen LogP contribution in [0.15, 0.2) is 79.4 Å². The smallest absolute Gasteiger partial charge is 0.222 e. The lowest BCUT2D eigenvalue weighted by Gasteiger charge is -2.40. The molecule has 1 aliphatic rings. The maximum atomic E-state index is 12.6. The first-order chi connectivity index (χ1) is 14.3. The second kappa shape index (κ2) is 9.52. The number of benzene rings is 2. The van der Waals surface area contributed by atoms with Gasteiger partial charge in [-0.25, -0.2) is 4.98 Å². The van der Waals surface area contributed by atoms with Gasteiger partial charge in [-0.2, -0.15) is 0 Å². The fourth-order valence-electron chi connectivity index (χ4n) is 4.10. The summed E-state index contributed by atoms with van der Waals surface area (Å²) in [5.74, 6) is 0.265. The van der Waals surface area contributed by atoms with Crippen LogP contribution in [-0.4, -0.2) is 51.4 Å². The SMILES string of the molecule is O=C(CCCn1ccnc1)N1CCN(C(c2ccccc2)c2ccccc2)CC1. The second-order valence-electron chi connectivity index (χ2n) is 7.54. The first kappa shape index (κ1) is 19.4. The maximum Gasteiger partial charge on any atom is 0.222 e. The van der Waals surface area contributed by atoms with Gasteiger partial charge in [0.25, 0.3) is 0 Å². The van der Waals surface area contributed by atoms with E-state index in [0.717, 1.165) is 39.1 Å². The van der Waals surface area contributed by atoms with Gasteiger partial charge in [0, 0.05) is 51.5 Å². The lowest BCUT2D eigenvalue weighted by atomic mass is 9.96. The molecule has 29 heavy (non-hydrogen) atoms. The van der Waals surface area contributed by atoms with E-state index in [-0.39, 0.29) is 11.9 Å². The molecule has 0 atom stereocenters. The summed E-state index contributed by atoms with van der Waals surface area (Å²) in [5, 5.41) is 0. The minimum atomic E-state index is 0.232. The molecule has 0 saturated carbocycles. The minimum absolute atomic E-state index is 0.232. The molecule has 0 radical (unpaired) electrons. The first-order valence-corrected chi connectivity index (χ1v) is 10.4. The Bertz CT molecular complexity index is 832. The number of carbonyl (C=O) groups excluding carboxylic acids is 1. The van der Waals surface area contributed by atoms with E-state index in [9.17, 15) is 4.79 Å². The number of imidazole rings is 1. The molecule has 0 N–H and O–H groups in total. The highest BCUT2D eigenvalue weighted by Crippen LogP contribution is 2.29. The molecule has 5 nitrogen and oxygen atoms in total. The number of nitrogens with zero attached hydrogens (tertiary/aromatic N) is 4. The van der Waals surface area contributed by atoms with Crippen LogP contribution >= 0.6 is 0 Å². The third kappa shape index (κ3) is 4.93. The van der Waals surface area contributed by atoms with Gasteiger partial charge < -0.3 is 9.47 Å². The van der Waals surface area contributed by atoms with E-state index < -0.39 is 0 Å². The summed E-state index contributed by atoms with van der Waals surface area (Å²) in [6, 6.07) is 21.6. The molecule has 1 fully saturated rings. The van der Waals surface area contributed by atoms with Gasteiger partial charge in [-0.05, 0) is 17.5 Å². The van der Waals surface area contributed by atoms with E-state index in [1.54, 1.807) is 12.5 Å². The summed E-state index contributed by atoms with van der Waals surface area (Å²) in [5.41, 5.74) is 2.61. The van der Waals surface area contributed by atoms with Crippen LogP contribution in [0.5, 0.6) is 0 Å². The largest absolute Gasteiger partial charge is 0.340 e. The molecule has 2 aromatic carbocycles. The number of aryl methyl sites for hydroxylation is 1. The van der Waals surface area contributed by atoms with Crippen LogP contribution in [0.1, 0.15) is 30.0 Å². The molecule has 1 saturated heterocycles. The van der Waals surface area contributed by atoms with E-state index in [1.807, 2.05) is 15.7 Å². The summed E-state index contributed by atoms with van der Waals surface area (Å²) < 4.78 is 2.02. The van der Waals surface area contributed by atoms with Crippen LogP contribution in [0.3, 0.4) is 0 Å². The lowest BCUT2D eigenvalue weighted by molar-refractivity contribution is -0.133. The fraction of sp³-hybridized carbons (Fsp3) is 0.333. The van der Waals surface area contributed by atoms with E-state index >= 15 is 0 Å². The van der Waals surface area contributed by atoms with Crippen molar-refractivity contribution in [2.45, 2.75) is 25.4 Å². The van der Waals surface area contributed by atoms with Crippen molar-refractivity contribution < 1.29 is 4.79 Å².